The summed E-state index contributed by atoms with van der Waals surface area (Å²) in [5.41, 5.74) is 6.00. The summed E-state index contributed by atoms with van der Waals surface area (Å²) >= 11 is 1.48. The molecular weight excluding hydrogens is 312 g/mol. The molecule has 1 aromatic heterocycles. The van der Waals surface area contributed by atoms with Crippen LogP contribution in [0.2, 0.25) is 0 Å². The fraction of sp³-hybridized carbons (Fsp3) is 0.231. The second kappa shape index (κ2) is 6.33. The first kappa shape index (κ1) is 15.6. The van der Waals surface area contributed by atoms with Gasteiger partial charge in [-0.05, 0) is 17.5 Å². The summed E-state index contributed by atoms with van der Waals surface area (Å²) in [5, 5.41) is 1.88. The zero-order valence-electron chi connectivity index (χ0n) is 11.6. The van der Waals surface area contributed by atoms with Gasteiger partial charge in [-0.3, -0.25) is 0 Å². The smallest absolute Gasteiger partial charge is 0.244 e. The number of nitrogens with two attached hydrogens (primary N) is 1. The van der Waals surface area contributed by atoms with Crippen molar-refractivity contribution in [3.8, 4) is 11.5 Å². The van der Waals surface area contributed by atoms with Crippen LogP contribution in [-0.4, -0.2) is 22.6 Å². The van der Waals surface area contributed by atoms with Gasteiger partial charge in [0, 0.05) is 17.5 Å². The van der Waals surface area contributed by atoms with Gasteiger partial charge < -0.3 is 15.2 Å². The molecule has 0 saturated heterocycles. The minimum atomic E-state index is -3.73. The number of hydrogen-bond acceptors (Lipinski definition) is 6. The van der Waals surface area contributed by atoms with Gasteiger partial charge in [0.25, 0.3) is 0 Å². The van der Waals surface area contributed by atoms with Crippen molar-refractivity contribution in [1.29, 1.82) is 0 Å². The molecule has 0 spiro atoms. The summed E-state index contributed by atoms with van der Waals surface area (Å²) in [6.07, 6.45) is 0. The van der Waals surface area contributed by atoms with Crippen molar-refractivity contribution in [2.45, 2.75) is 11.4 Å². The fourth-order valence-electron chi connectivity index (χ4n) is 1.76. The quantitative estimate of drug-likeness (QED) is 0.790. The van der Waals surface area contributed by atoms with Crippen LogP contribution in [0.4, 0.5) is 5.69 Å². The third-order valence-electron chi connectivity index (χ3n) is 2.82. The molecular formula is C13H16N2O4S2. The van der Waals surface area contributed by atoms with E-state index in [0.717, 1.165) is 4.88 Å². The van der Waals surface area contributed by atoms with E-state index in [2.05, 4.69) is 4.72 Å². The largest absolute Gasteiger partial charge is 0.495 e. The number of benzene rings is 1. The predicted octanol–water partition coefficient (Wildman–Crippen LogP) is 1.83. The van der Waals surface area contributed by atoms with E-state index in [1.807, 2.05) is 17.5 Å². The van der Waals surface area contributed by atoms with Gasteiger partial charge in [-0.1, -0.05) is 6.07 Å². The number of methoxy groups -OCH3 is 2. The molecule has 8 heteroatoms. The SMILES string of the molecule is COc1cc(OC)c(S(=O)(=O)NCc2cccs2)cc1N. The number of nitrogen functional groups attached to an aromatic ring is 1. The van der Waals surface area contributed by atoms with Crippen molar-refractivity contribution in [3.05, 3.63) is 34.5 Å². The molecule has 1 heterocycles. The molecule has 0 fully saturated rings. The molecule has 0 radical (unpaired) electrons. The molecule has 0 bridgehead atoms. The molecule has 21 heavy (non-hydrogen) atoms. The maximum absolute atomic E-state index is 12.4. The number of anilines is 1. The Hall–Kier alpha value is -1.77. The number of rotatable bonds is 6. The summed E-state index contributed by atoms with van der Waals surface area (Å²) in [4.78, 5) is 0.902. The van der Waals surface area contributed by atoms with E-state index in [9.17, 15) is 8.42 Å². The molecule has 114 valence electrons. The minimum Gasteiger partial charge on any atom is -0.495 e. The summed E-state index contributed by atoms with van der Waals surface area (Å²) in [6, 6.07) is 6.50. The maximum Gasteiger partial charge on any atom is 0.244 e. The van der Waals surface area contributed by atoms with Crippen molar-refractivity contribution in [3.63, 3.8) is 0 Å². The number of thiophene rings is 1. The Morgan fingerprint density at radius 3 is 2.52 bits per heavy atom. The normalized spacial score (nSPS) is 11.3. The third-order valence-corrected chi connectivity index (χ3v) is 5.12. The molecule has 0 aliphatic heterocycles. The number of nitrogens with one attached hydrogen (secondary N) is 1. The standard InChI is InChI=1S/C13H16N2O4S2/c1-18-11-7-12(19-2)13(6-10(11)14)21(16,17)15-8-9-4-3-5-20-9/h3-7,15H,8,14H2,1-2H3. The fourth-order valence-corrected chi connectivity index (χ4v) is 3.69. The lowest BCUT2D eigenvalue weighted by Gasteiger charge is -2.13. The van der Waals surface area contributed by atoms with E-state index >= 15 is 0 Å². The third kappa shape index (κ3) is 3.46. The summed E-state index contributed by atoms with van der Waals surface area (Å²) in [6.45, 7) is 0.217. The van der Waals surface area contributed by atoms with Gasteiger partial charge in [0.15, 0.2) is 0 Å². The minimum absolute atomic E-state index is 0.0140. The average molecular weight is 328 g/mol. The Balaban J connectivity index is 2.32. The van der Waals surface area contributed by atoms with E-state index in [-0.39, 0.29) is 22.9 Å². The number of hydrogen-bond donors (Lipinski definition) is 2. The van der Waals surface area contributed by atoms with E-state index in [1.165, 1.54) is 37.7 Å². The van der Waals surface area contributed by atoms with Crippen molar-refractivity contribution in [2.24, 2.45) is 0 Å². The van der Waals surface area contributed by atoms with Crippen LogP contribution in [-0.2, 0) is 16.6 Å². The molecule has 2 aromatic rings. The predicted molar refractivity (Wildman–Crippen MR) is 82.3 cm³/mol. The highest BCUT2D eigenvalue weighted by atomic mass is 32.2. The Morgan fingerprint density at radius 1 is 1.24 bits per heavy atom. The molecule has 0 aliphatic carbocycles. The highest BCUT2D eigenvalue weighted by Crippen LogP contribution is 2.33. The van der Waals surface area contributed by atoms with E-state index in [1.54, 1.807) is 0 Å². The maximum atomic E-state index is 12.4. The highest BCUT2D eigenvalue weighted by Gasteiger charge is 2.21. The van der Waals surface area contributed by atoms with Gasteiger partial charge in [0.05, 0.1) is 19.9 Å². The van der Waals surface area contributed by atoms with Crippen LogP contribution in [0.15, 0.2) is 34.5 Å². The van der Waals surface area contributed by atoms with Crippen LogP contribution in [0.5, 0.6) is 11.5 Å². The molecule has 3 N–H and O–H groups in total. The van der Waals surface area contributed by atoms with Crippen LogP contribution < -0.4 is 19.9 Å². The van der Waals surface area contributed by atoms with Crippen molar-refractivity contribution in [2.75, 3.05) is 20.0 Å². The first-order valence-corrected chi connectivity index (χ1v) is 8.37. The van der Waals surface area contributed by atoms with Gasteiger partial charge in [-0.2, -0.15) is 0 Å². The van der Waals surface area contributed by atoms with Crippen LogP contribution in [0, 0.1) is 0 Å². The molecule has 0 aliphatic rings. The number of ether oxygens (including phenoxy) is 2. The van der Waals surface area contributed by atoms with Crippen LogP contribution in [0.25, 0.3) is 0 Å². The first-order valence-electron chi connectivity index (χ1n) is 6.01. The second-order valence-corrected chi connectivity index (χ2v) is 6.92. The number of sulfonamides is 1. The molecule has 0 unspecified atom stereocenters. The van der Waals surface area contributed by atoms with Crippen LogP contribution in [0.3, 0.4) is 0 Å². The topological polar surface area (TPSA) is 90.6 Å². The summed E-state index contributed by atoms with van der Waals surface area (Å²) < 4.78 is 37.4. The van der Waals surface area contributed by atoms with Gasteiger partial charge in [0.1, 0.15) is 16.4 Å². The average Bonchev–Trinajstić information content (AvgIpc) is 2.98. The Kier molecular flexibility index (Phi) is 4.71. The lowest BCUT2D eigenvalue weighted by molar-refractivity contribution is 0.387. The van der Waals surface area contributed by atoms with Crippen molar-refractivity contribution >= 4 is 27.0 Å². The first-order chi connectivity index (χ1) is 9.97. The van der Waals surface area contributed by atoms with E-state index < -0.39 is 10.0 Å². The van der Waals surface area contributed by atoms with E-state index in [0.29, 0.717) is 5.75 Å². The highest BCUT2D eigenvalue weighted by molar-refractivity contribution is 7.89. The van der Waals surface area contributed by atoms with Gasteiger partial charge >= 0.3 is 0 Å². The molecule has 0 saturated carbocycles. The molecule has 0 amide bonds. The molecule has 0 atom stereocenters. The Morgan fingerprint density at radius 2 is 1.95 bits per heavy atom. The lowest BCUT2D eigenvalue weighted by atomic mass is 10.3. The van der Waals surface area contributed by atoms with Gasteiger partial charge in [-0.25, -0.2) is 13.1 Å². The monoisotopic (exact) mass is 328 g/mol. The van der Waals surface area contributed by atoms with Crippen molar-refractivity contribution < 1.29 is 17.9 Å². The van der Waals surface area contributed by atoms with Crippen LogP contribution >= 0.6 is 11.3 Å². The zero-order chi connectivity index (χ0) is 15.5. The van der Waals surface area contributed by atoms with E-state index in [4.69, 9.17) is 15.2 Å². The Bertz CT molecular complexity index is 712. The van der Waals surface area contributed by atoms with Gasteiger partial charge in [0.2, 0.25) is 10.0 Å². The summed E-state index contributed by atoms with van der Waals surface area (Å²) in [5.74, 6) is 0.545. The molecule has 6 nitrogen and oxygen atoms in total. The molecule has 2 rings (SSSR count). The van der Waals surface area contributed by atoms with Gasteiger partial charge in [-0.15, -0.1) is 11.3 Å². The second-order valence-electron chi connectivity index (χ2n) is 4.15. The zero-order valence-corrected chi connectivity index (χ0v) is 13.3. The van der Waals surface area contributed by atoms with Crippen molar-refractivity contribution in [1.82, 2.24) is 4.72 Å². The summed E-state index contributed by atoms with van der Waals surface area (Å²) in [7, 11) is -0.886. The van der Waals surface area contributed by atoms with Crippen LogP contribution in [0.1, 0.15) is 4.88 Å². The Labute approximate surface area is 127 Å². The lowest BCUT2D eigenvalue weighted by Crippen LogP contribution is -2.23. The molecule has 1 aromatic carbocycles.